The Balaban J connectivity index is 1.81. The third-order valence-corrected chi connectivity index (χ3v) is 6.18. The smallest absolute Gasteiger partial charge is 0.336 e. The Labute approximate surface area is 195 Å². The zero-order valence-corrected chi connectivity index (χ0v) is 18.7. The quantitative estimate of drug-likeness (QED) is 0.522. The van der Waals surface area contributed by atoms with Crippen LogP contribution in [0.5, 0.6) is 0 Å². The number of thioether (sulfide) groups is 1. The maximum absolute atomic E-state index is 13.8. The molecule has 1 unspecified atom stereocenters. The van der Waals surface area contributed by atoms with Crippen LogP contribution in [0.3, 0.4) is 0 Å². The van der Waals surface area contributed by atoms with Crippen LogP contribution in [-0.2, 0) is 11.0 Å². The summed E-state index contributed by atoms with van der Waals surface area (Å²) in [7, 11) is 0. The number of amides is 3. The van der Waals surface area contributed by atoms with E-state index in [4.69, 9.17) is 11.6 Å². The Hall–Kier alpha value is -3.05. The number of urea groups is 1. The summed E-state index contributed by atoms with van der Waals surface area (Å²) in [4.78, 5) is 25.7. The third kappa shape index (κ3) is 4.69. The monoisotopic (exact) mass is 495 g/mol. The molecule has 1 aromatic heterocycles. The summed E-state index contributed by atoms with van der Waals surface area (Å²) >= 11 is 7.00. The van der Waals surface area contributed by atoms with E-state index in [9.17, 15) is 22.8 Å². The molecular weight excluding hydrogens is 479 g/mol. The average Bonchev–Trinajstić information content (AvgIpc) is 3.38. The van der Waals surface area contributed by atoms with Gasteiger partial charge in [-0.15, -0.1) is 10.2 Å². The maximum atomic E-state index is 13.8. The van der Waals surface area contributed by atoms with Gasteiger partial charge in [0.1, 0.15) is 0 Å². The Morgan fingerprint density at radius 2 is 1.94 bits per heavy atom. The fourth-order valence-electron chi connectivity index (χ4n) is 3.40. The van der Waals surface area contributed by atoms with Crippen LogP contribution < -0.4 is 5.32 Å². The van der Waals surface area contributed by atoms with Gasteiger partial charge in [0.15, 0.2) is 11.0 Å². The maximum Gasteiger partial charge on any atom is 0.418 e. The van der Waals surface area contributed by atoms with Gasteiger partial charge in [-0.2, -0.15) is 13.2 Å². The number of nitrogens with one attached hydrogen (secondary N) is 1. The highest BCUT2D eigenvalue weighted by atomic mass is 35.5. The van der Waals surface area contributed by atoms with E-state index >= 15 is 0 Å². The minimum Gasteiger partial charge on any atom is -0.336 e. The van der Waals surface area contributed by atoms with Crippen LogP contribution in [0, 0.1) is 0 Å². The number of carbonyl (C=O) groups excluding carboxylic acids is 2. The van der Waals surface area contributed by atoms with E-state index in [1.807, 2.05) is 0 Å². The molecule has 1 saturated heterocycles. The van der Waals surface area contributed by atoms with Crippen LogP contribution in [0.25, 0.3) is 17.1 Å². The summed E-state index contributed by atoms with van der Waals surface area (Å²) in [6.45, 7) is 2.13. The molecule has 1 fully saturated rings. The van der Waals surface area contributed by atoms with Crippen molar-refractivity contribution in [2.24, 2.45) is 0 Å². The highest BCUT2D eigenvalue weighted by molar-refractivity contribution is 8.00. The summed E-state index contributed by atoms with van der Waals surface area (Å²) < 4.78 is 42.7. The number of rotatable bonds is 5. The summed E-state index contributed by atoms with van der Waals surface area (Å²) in [6, 6.07) is 11.0. The number of imide groups is 1. The molecule has 3 aromatic rings. The van der Waals surface area contributed by atoms with Gasteiger partial charge < -0.3 is 5.32 Å². The van der Waals surface area contributed by atoms with Crippen molar-refractivity contribution in [3.63, 3.8) is 0 Å². The minimum atomic E-state index is -4.64. The lowest BCUT2D eigenvalue weighted by Crippen LogP contribution is -2.39. The van der Waals surface area contributed by atoms with Crippen molar-refractivity contribution in [3.05, 3.63) is 59.1 Å². The third-order valence-electron chi connectivity index (χ3n) is 4.92. The Morgan fingerprint density at radius 3 is 2.61 bits per heavy atom. The first-order valence-corrected chi connectivity index (χ1v) is 11.1. The fraction of sp³-hybridized carbons (Fsp3) is 0.238. The van der Waals surface area contributed by atoms with Gasteiger partial charge in [0, 0.05) is 23.7 Å². The highest BCUT2D eigenvalue weighted by Crippen LogP contribution is 2.38. The van der Waals surface area contributed by atoms with Gasteiger partial charge in [0.2, 0.25) is 5.91 Å². The number of benzene rings is 2. The predicted octanol–water partition coefficient (Wildman–Crippen LogP) is 4.64. The number of hydrogen-bond acceptors (Lipinski definition) is 5. The molecular formula is C21H17ClF3N5O2S. The summed E-state index contributed by atoms with van der Waals surface area (Å²) in [5, 5.41) is 10.4. The van der Waals surface area contributed by atoms with Crippen molar-refractivity contribution < 1.29 is 22.8 Å². The number of alkyl halides is 3. The summed E-state index contributed by atoms with van der Waals surface area (Å²) in [6.07, 6.45) is -4.64. The van der Waals surface area contributed by atoms with E-state index in [1.54, 1.807) is 31.2 Å². The lowest BCUT2D eigenvalue weighted by molar-refractivity contribution is -0.137. The first kappa shape index (κ1) is 23.1. The van der Waals surface area contributed by atoms with Gasteiger partial charge in [-0.1, -0.05) is 47.6 Å². The van der Waals surface area contributed by atoms with Gasteiger partial charge in [0.25, 0.3) is 0 Å². The van der Waals surface area contributed by atoms with Crippen LogP contribution in [0.2, 0.25) is 5.02 Å². The molecule has 1 atom stereocenters. The molecule has 0 radical (unpaired) electrons. The van der Waals surface area contributed by atoms with Gasteiger partial charge in [-0.25, -0.2) is 4.79 Å². The molecule has 3 amide bonds. The Kier molecular flexibility index (Phi) is 6.35. The number of halogens is 4. The largest absolute Gasteiger partial charge is 0.418 e. The topological polar surface area (TPSA) is 80.1 Å². The standard InChI is InChI=1S/C21H17ClF3N5O2S/c1-12(18(31)29-10-9-26-19(29)32)33-20-28-27-17(13-5-4-6-14(22)11-13)30(20)16-8-3-2-7-15(16)21(23,24)25/h2-8,11-12H,9-10H2,1H3,(H,26,32). The van der Waals surface area contributed by atoms with Crippen LogP contribution in [-0.4, -0.2) is 49.9 Å². The molecule has 2 aromatic carbocycles. The second kappa shape index (κ2) is 9.06. The first-order valence-electron chi connectivity index (χ1n) is 9.80. The van der Waals surface area contributed by atoms with E-state index < -0.39 is 28.9 Å². The molecule has 12 heteroatoms. The molecule has 172 valence electrons. The first-order chi connectivity index (χ1) is 15.7. The van der Waals surface area contributed by atoms with Crippen molar-refractivity contribution in [1.82, 2.24) is 25.0 Å². The summed E-state index contributed by atoms with van der Waals surface area (Å²) in [5.41, 5.74) is -0.615. The molecule has 0 saturated carbocycles. The normalized spacial score (nSPS) is 14.9. The Morgan fingerprint density at radius 1 is 1.18 bits per heavy atom. The number of para-hydroxylation sites is 1. The number of hydrogen-bond donors (Lipinski definition) is 1. The number of carbonyl (C=O) groups is 2. The van der Waals surface area contributed by atoms with Crippen molar-refractivity contribution in [1.29, 1.82) is 0 Å². The second-order valence-corrected chi connectivity index (χ2v) is 8.89. The molecule has 0 bridgehead atoms. The number of nitrogens with zero attached hydrogens (tertiary/aromatic N) is 4. The molecule has 7 nitrogen and oxygen atoms in total. The van der Waals surface area contributed by atoms with Gasteiger partial charge in [0.05, 0.1) is 16.5 Å². The average molecular weight is 496 g/mol. The van der Waals surface area contributed by atoms with Crippen molar-refractivity contribution in [2.45, 2.75) is 23.5 Å². The second-order valence-electron chi connectivity index (χ2n) is 7.15. The molecule has 1 aliphatic heterocycles. The zero-order valence-electron chi connectivity index (χ0n) is 17.1. The highest BCUT2D eigenvalue weighted by Gasteiger charge is 2.36. The molecule has 1 aliphatic rings. The predicted molar refractivity (Wildman–Crippen MR) is 117 cm³/mol. The van der Waals surface area contributed by atoms with E-state index in [2.05, 4.69) is 15.5 Å². The van der Waals surface area contributed by atoms with Gasteiger partial charge >= 0.3 is 12.2 Å². The van der Waals surface area contributed by atoms with E-state index in [0.717, 1.165) is 22.7 Å². The molecule has 0 aliphatic carbocycles. The lowest BCUT2D eigenvalue weighted by atomic mass is 10.1. The summed E-state index contributed by atoms with van der Waals surface area (Å²) in [5.74, 6) is -0.340. The van der Waals surface area contributed by atoms with Crippen LogP contribution >= 0.6 is 23.4 Å². The lowest BCUT2D eigenvalue weighted by Gasteiger charge is -2.19. The molecule has 4 rings (SSSR count). The van der Waals surface area contributed by atoms with E-state index in [1.165, 1.54) is 22.8 Å². The van der Waals surface area contributed by atoms with Crippen molar-refractivity contribution >= 4 is 35.3 Å². The van der Waals surface area contributed by atoms with Crippen LogP contribution in [0.1, 0.15) is 12.5 Å². The fourth-order valence-corrected chi connectivity index (χ4v) is 4.51. The van der Waals surface area contributed by atoms with Crippen molar-refractivity contribution in [2.75, 3.05) is 13.1 Å². The Bertz CT molecular complexity index is 1220. The van der Waals surface area contributed by atoms with Crippen LogP contribution in [0.4, 0.5) is 18.0 Å². The molecule has 0 spiro atoms. The van der Waals surface area contributed by atoms with E-state index in [-0.39, 0.29) is 23.2 Å². The van der Waals surface area contributed by atoms with E-state index in [0.29, 0.717) is 17.1 Å². The van der Waals surface area contributed by atoms with Crippen LogP contribution in [0.15, 0.2) is 53.7 Å². The molecule has 1 N–H and O–H groups in total. The number of aromatic nitrogens is 3. The van der Waals surface area contributed by atoms with Gasteiger partial charge in [-0.3, -0.25) is 14.3 Å². The molecule has 2 heterocycles. The molecule has 33 heavy (non-hydrogen) atoms. The van der Waals surface area contributed by atoms with Gasteiger partial charge in [-0.05, 0) is 31.2 Å². The van der Waals surface area contributed by atoms with Crippen molar-refractivity contribution in [3.8, 4) is 17.1 Å². The SMILES string of the molecule is CC(Sc1nnc(-c2cccc(Cl)c2)n1-c1ccccc1C(F)(F)F)C(=O)N1CCNC1=O. The zero-order chi connectivity index (χ0) is 23.8. The minimum absolute atomic E-state index is 0.0714.